The Morgan fingerprint density at radius 1 is 0.441 bits per heavy atom. The van der Waals surface area contributed by atoms with Gasteiger partial charge in [-0.1, -0.05) is 122 Å². The molecule has 0 amide bonds. The highest BCUT2D eigenvalue weighted by molar-refractivity contribution is 5.86. The first kappa shape index (κ1) is 21.4. The van der Waals surface area contributed by atoms with Crippen molar-refractivity contribution < 1.29 is 0 Å². The number of hydrogen-bond donors (Lipinski definition) is 0. The van der Waals surface area contributed by atoms with E-state index in [1.807, 2.05) is 6.08 Å². The Kier molecular flexibility index (Phi) is 6.05. The van der Waals surface area contributed by atoms with E-state index in [1.165, 1.54) is 33.4 Å². The third-order valence-electron chi connectivity index (χ3n) is 6.19. The highest BCUT2D eigenvalue weighted by Crippen LogP contribution is 2.34. The summed E-state index contributed by atoms with van der Waals surface area (Å²) in [4.78, 5) is 0. The Morgan fingerprint density at radius 2 is 0.941 bits per heavy atom. The van der Waals surface area contributed by atoms with Gasteiger partial charge < -0.3 is 0 Å². The quantitative estimate of drug-likeness (QED) is 0.250. The maximum absolute atomic E-state index is 4.51. The Hall–Kier alpha value is -4.42. The summed E-state index contributed by atoms with van der Waals surface area (Å²) in [5.74, 6) is 0. The fraction of sp³-hybridized carbons (Fsp3) is 0. The zero-order valence-corrected chi connectivity index (χ0v) is 19.1. The lowest BCUT2D eigenvalue weighted by Crippen LogP contribution is -1.91. The molecule has 0 unspecified atom stereocenters. The summed E-state index contributed by atoms with van der Waals surface area (Å²) in [6.07, 6.45) is 1.87. The molecule has 0 heteroatoms. The van der Waals surface area contributed by atoms with Gasteiger partial charge in [0, 0.05) is 0 Å². The van der Waals surface area contributed by atoms with E-state index in [1.54, 1.807) is 0 Å². The topological polar surface area (TPSA) is 0 Å². The van der Waals surface area contributed by atoms with Gasteiger partial charge in [0.15, 0.2) is 0 Å². The van der Waals surface area contributed by atoms with Crippen molar-refractivity contribution in [2.75, 3.05) is 0 Å². The number of rotatable bonds is 6. The summed E-state index contributed by atoms with van der Waals surface area (Å²) in [6.45, 7) is 8.36. The Morgan fingerprint density at radius 3 is 1.50 bits per heavy atom. The SMILES string of the molecule is C=Cc1ccc(-c2cccc(C(=C)c3cc(-c4ccccc4)cc(-c4ccccc4)c3)c2)cc1. The van der Waals surface area contributed by atoms with Crippen LogP contribution in [0.4, 0.5) is 0 Å². The van der Waals surface area contributed by atoms with Gasteiger partial charge in [-0.05, 0) is 79.9 Å². The predicted molar refractivity (Wildman–Crippen MR) is 147 cm³/mol. The lowest BCUT2D eigenvalue weighted by molar-refractivity contribution is 1.52. The van der Waals surface area contributed by atoms with Crippen molar-refractivity contribution in [2.24, 2.45) is 0 Å². The van der Waals surface area contributed by atoms with Crippen LogP contribution in [-0.2, 0) is 0 Å². The second kappa shape index (κ2) is 9.60. The number of benzene rings is 5. The van der Waals surface area contributed by atoms with E-state index in [-0.39, 0.29) is 0 Å². The molecule has 0 aliphatic rings. The third-order valence-corrected chi connectivity index (χ3v) is 6.19. The van der Waals surface area contributed by atoms with Gasteiger partial charge in [0.25, 0.3) is 0 Å². The largest absolute Gasteiger partial charge is 0.0985 e. The predicted octanol–water partition coefficient (Wildman–Crippen LogP) is 9.39. The van der Waals surface area contributed by atoms with Crippen LogP contribution >= 0.6 is 0 Å². The third kappa shape index (κ3) is 4.53. The minimum atomic E-state index is 1.01. The van der Waals surface area contributed by atoms with Gasteiger partial charge in [0.1, 0.15) is 0 Å². The van der Waals surface area contributed by atoms with Crippen LogP contribution in [0.25, 0.3) is 45.0 Å². The molecule has 34 heavy (non-hydrogen) atoms. The first-order chi connectivity index (χ1) is 16.7. The van der Waals surface area contributed by atoms with E-state index in [0.29, 0.717) is 0 Å². The number of hydrogen-bond acceptors (Lipinski definition) is 0. The van der Waals surface area contributed by atoms with E-state index >= 15 is 0 Å². The second-order valence-electron chi connectivity index (χ2n) is 8.42. The minimum absolute atomic E-state index is 1.01. The van der Waals surface area contributed by atoms with E-state index in [4.69, 9.17) is 0 Å². The first-order valence-corrected chi connectivity index (χ1v) is 11.5. The van der Waals surface area contributed by atoms with Gasteiger partial charge in [-0.3, -0.25) is 0 Å². The van der Waals surface area contributed by atoms with Crippen LogP contribution in [0.15, 0.2) is 141 Å². The van der Waals surface area contributed by atoms with Crippen molar-refractivity contribution in [3.8, 4) is 33.4 Å². The Bertz CT molecular complexity index is 1380. The molecule has 0 fully saturated rings. The van der Waals surface area contributed by atoms with Gasteiger partial charge in [-0.25, -0.2) is 0 Å². The zero-order valence-electron chi connectivity index (χ0n) is 19.1. The van der Waals surface area contributed by atoms with Gasteiger partial charge >= 0.3 is 0 Å². The van der Waals surface area contributed by atoms with Gasteiger partial charge in [-0.15, -0.1) is 0 Å². The van der Waals surface area contributed by atoms with Crippen LogP contribution < -0.4 is 0 Å². The Labute approximate surface area is 202 Å². The average Bonchev–Trinajstić information content (AvgIpc) is 2.93. The zero-order chi connectivity index (χ0) is 23.3. The fourth-order valence-corrected chi connectivity index (χ4v) is 4.26. The monoisotopic (exact) mass is 434 g/mol. The van der Waals surface area contributed by atoms with Crippen molar-refractivity contribution in [3.63, 3.8) is 0 Å². The molecule has 0 saturated heterocycles. The standard InChI is InChI=1S/C34H26/c1-3-26-17-19-29(20-18-26)31-16-10-15-30(21-31)25(2)32-22-33(27-11-6-4-7-12-27)24-34(23-32)28-13-8-5-9-14-28/h3-24H,1-2H2. The summed E-state index contributed by atoms with van der Waals surface area (Å²) >= 11 is 0. The molecule has 5 aromatic rings. The van der Waals surface area contributed by atoms with E-state index in [2.05, 4.69) is 141 Å². The van der Waals surface area contributed by atoms with Crippen LogP contribution in [-0.4, -0.2) is 0 Å². The molecule has 0 aromatic heterocycles. The van der Waals surface area contributed by atoms with Crippen molar-refractivity contribution in [1.82, 2.24) is 0 Å². The fourth-order valence-electron chi connectivity index (χ4n) is 4.26. The molecule has 5 rings (SSSR count). The smallest absolute Gasteiger partial charge is 0.0172 e. The highest BCUT2D eigenvalue weighted by Gasteiger charge is 2.10. The first-order valence-electron chi connectivity index (χ1n) is 11.5. The van der Waals surface area contributed by atoms with Crippen LogP contribution in [0, 0.1) is 0 Å². The van der Waals surface area contributed by atoms with Crippen LogP contribution in [0.5, 0.6) is 0 Å². The lowest BCUT2D eigenvalue weighted by atomic mass is 9.90. The Balaban J connectivity index is 1.57. The van der Waals surface area contributed by atoms with Gasteiger partial charge in [0.2, 0.25) is 0 Å². The van der Waals surface area contributed by atoms with Gasteiger partial charge in [0.05, 0.1) is 0 Å². The molecular weight excluding hydrogens is 408 g/mol. The maximum Gasteiger partial charge on any atom is -0.0172 e. The average molecular weight is 435 g/mol. The molecule has 0 saturated carbocycles. The van der Waals surface area contributed by atoms with Crippen LogP contribution in [0.1, 0.15) is 16.7 Å². The molecule has 0 aliphatic heterocycles. The van der Waals surface area contributed by atoms with Crippen molar-refractivity contribution in [1.29, 1.82) is 0 Å². The lowest BCUT2D eigenvalue weighted by Gasteiger charge is -2.14. The molecule has 0 nitrogen and oxygen atoms in total. The molecule has 0 atom stereocenters. The summed E-state index contributed by atoms with van der Waals surface area (Å²) in [5.41, 5.74) is 11.5. The molecule has 0 aliphatic carbocycles. The van der Waals surface area contributed by atoms with E-state index < -0.39 is 0 Å². The maximum atomic E-state index is 4.51. The summed E-state index contributed by atoms with van der Waals surface area (Å²) in [7, 11) is 0. The molecular formula is C34H26. The molecule has 0 bridgehead atoms. The highest BCUT2D eigenvalue weighted by atomic mass is 14.1. The molecule has 162 valence electrons. The van der Waals surface area contributed by atoms with E-state index in [9.17, 15) is 0 Å². The van der Waals surface area contributed by atoms with Gasteiger partial charge in [-0.2, -0.15) is 0 Å². The van der Waals surface area contributed by atoms with Crippen molar-refractivity contribution >= 4 is 11.6 Å². The molecule has 0 radical (unpaired) electrons. The van der Waals surface area contributed by atoms with Crippen molar-refractivity contribution in [2.45, 2.75) is 0 Å². The van der Waals surface area contributed by atoms with Crippen LogP contribution in [0.2, 0.25) is 0 Å². The summed E-state index contributed by atoms with van der Waals surface area (Å²) in [6, 6.07) is 44.9. The molecule has 0 heterocycles. The molecule has 0 spiro atoms. The van der Waals surface area contributed by atoms with Crippen molar-refractivity contribution in [3.05, 3.63) is 157 Å². The molecule has 5 aromatic carbocycles. The minimum Gasteiger partial charge on any atom is -0.0985 e. The summed E-state index contributed by atoms with van der Waals surface area (Å²) < 4.78 is 0. The normalized spacial score (nSPS) is 10.6. The summed E-state index contributed by atoms with van der Waals surface area (Å²) in [5, 5.41) is 0. The van der Waals surface area contributed by atoms with E-state index in [0.717, 1.165) is 22.3 Å². The van der Waals surface area contributed by atoms with Crippen LogP contribution in [0.3, 0.4) is 0 Å². The molecule has 0 N–H and O–H groups in total. The second-order valence-corrected chi connectivity index (χ2v) is 8.42.